The SMILES string of the molecule is CCC1(c2ccc(O)cc2)C(=O)NC(=O)NC1=O. The molecule has 2 rings (SSSR count). The molecule has 1 fully saturated rings. The predicted octanol–water partition coefficient (Wildman–Crippen LogP) is 0.406. The molecule has 94 valence electrons. The molecule has 6 heteroatoms. The molecule has 18 heavy (non-hydrogen) atoms. The fraction of sp³-hybridized carbons (Fsp3) is 0.250. The molecule has 1 aliphatic rings. The number of carbonyl (C=O) groups excluding carboxylic acids is 3. The minimum atomic E-state index is -1.43. The highest BCUT2D eigenvalue weighted by Gasteiger charge is 2.50. The summed E-state index contributed by atoms with van der Waals surface area (Å²) in [5, 5.41) is 13.4. The number of imide groups is 2. The second-order valence-corrected chi connectivity index (χ2v) is 4.04. The van der Waals surface area contributed by atoms with Gasteiger partial charge >= 0.3 is 6.03 Å². The Kier molecular flexibility index (Phi) is 2.78. The first-order chi connectivity index (χ1) is 8.50. The Bertz CT molecular complexity index is 501. The van der Waals surface area contributed by atoms with E-state index in [1.165, 1.54) is 24.3 Å². The van der Waals surface area contributed by atoms with Crippen molar-refractivity contribution in [2.24, 2.45) is 0 Å². The minimum absolute atomic E-state index is 0.0395. The molecule has 0 aromatic heterocycles. The van der Waals surface area contributed by atoms with Gasteiger partial charge in [-0.15, -0.1) is 0 Å². The van der Waals surface area contributed by atoms with Gasteiger partial charge in [0.05, 0.1) is 0 Å². The zero-order valence-electron chi connectivity index (χ0n) is 9.69. The molecule has 4 amide bonds. The lowest BCUT2D eigenvalue weighted by atomic mass is 9.75. The van der Waals surface area contributed by atoms with Crippen LogP contribution in [0, 0.1) is 0 Å². The lowest BCUT2D eigenvalue weighted by Gasteiger charge is -2.33. The Morgan fingerprint density at radius 2 is 1.56 bits per heavy atom. The van der Waals surface area contributed by atoms with Crippen LogP contribution in [0.1, 0.15) is 18.9 Å². The fourth-order valence-electron chi connectivity index (χ4n) is 2.09. The van der Waals surface area contributed by atoms with Crippen molar-refractivity contribution < 1.29 is 19.5 Å². The van der Waals surface area contributed by atoms with Crippen LogP contribution < -0.4 is 10.6 Å². The first-order valence-electron chi connectivity index (χ1n) is 5.47. The smallest absolute Gasteiger partial charge is 0.328 e. The van der Waals surface area contributed by atoms with E-state index in [0.717, 1.165) is 0 Å². The highest BCUT2D eigenvalue weighted by molar-refractivity contribution is 6.22. The highest BCUT2D eigenvalue weighted by atomic mass is 16.3. The molecule has 1 saturated heterocycles. The van der Waals surface area contributed by atoms with Gasteiger partial charge in [-0.3, -0.25) is 20.2 Å². The average Bonchev–Trinajstić information content (AvgIpc) is 2.31. The van der Waals surface area contributed by atoms with Crippen LogP contribution in [0.15, 0.2) is 24.3 Å². The minimum Gasteiger partial charge on any atom is -0.508 e. The van der Waals surface area contributed by atoms with Gasteiger partial charge in [-0.05, 0) is 24.1 Å². The van der Waals surface area contributed by atoms with Crippen molar-refractivity contribution in [2.45, 2.75) is 18.8 Å². The van der Waals surface area contributed by atoms with Gasteiger partial charge in [0, 0.05) is 0 Å². The number of nitrogens with one attached hydrogen (secondary N) is 2. The maximum absolute atomic E-state index is 12.0. The van der Waals surface area contributed by atoms with E-state index >= 15 is 0 Å². The molecule has 1 aromatic carbocycles. The lowest BCUT2D eigenvalue weighted by Crippen LogP contribution is -2.64. The largest absolute Gasteiger partial charge is 0.508 e. The van der Waals surface area contributed by atoms with Gasteiger partial charge in [0.1, 0.15) is 5.75 Å². The third-order valence-electron chi connectivity index (χ3n) is 3.12. The number of rotatable bonds is 2. The molecule has 1 aromatic rings. The summed E-state index contributed by atoms with van der Waals surface area (Å²) < 4.78 is 0. The third-order valence-corrected chi connectivity index (χ3v) is 3.12. The number of carbonyl (C=O) groups is 3. The molecule has 3 N–H and O–H groups in total. The molecule has 0 saturated carbocycles. The van der Waals surface area contributed by atoms with Crippen LogP contribution in [0.25, 0.3) is 0 Å². The van der Waals surface area contributed by atoms with Gasteiger partial charge < -0.3 is 5.11 Å². The summed E-state index contributed by atoms with van der Waals surface area (Å²) in [5.41, 5.74) is -0.993. The van der Waals surface area contributed by atoms with E-state index in [-0.39, 0.29) is 12.2 Å². The van der Waals surface area contributed by atoms with Crippen molar-refractivity contribution in [1.29, 1.82) is 0 Å². The number of hydrogen-bond acceptors (Lipinski definition) is 4. The summed E-state index contributed by atoms with van der Waals surface area (Å²) in [7, 11) is 0. The monoisotopic (exact) mass is 248 g/mol. The Hall–Kier alpha value is -2.37. The van der Waals surface area contributed by atoms with Gasteiger partial charge in [-0.25, -0.2) is 4.79 Å². The van der Waals surface area contributed by atoms with Crippen molar-refractivity contribution in [1.82, 2.24) is 10.6 Å². The van der Waals surface area contributed by atoms with Crippen molar-refractivity contribution in [2.75, 3.05) is 0 Å². The van der Waals surface area contributed by atoms with Crippen LogP contribution in [0.3, 0.4) is 0 Å². The summed E-state index contributed by atoms with van der Waals surface area (Å²) in [6.45, 7) is 1.68. The van der Waals surface area contributed by atoms with Crippen LogP contribution in [-0.2, 0) is 15.0 Å². The number of hydrogen-bond donors (Lipinski definition) is 3. The molecule has 0 unspecified atom stereocenters. The van der Waals surface area contributed by atoms with Gasteiger partial charge in [0.15, 0.2) is 5.41 Å². The number of aromatic hydroxyl groups is 1. The first-order valence-corrected chi connectivity index (χ1v) is 5.47. The molecule has 0 aliphatic carbocycles. The summed E-state index contributed by atoms with van der Waals surface area (Å²) in [4.78, 5) is 35.1. The Morgan fingerprint density at radius 3 is 2.00 bits per heavy atom. The fourth-order valence-corrected chi connectivity index (χ4v) is 2.09. The van der Waals surface area contributed by atoms with Crippen molar-refractivity contribution in [3.05, 3.63) is 29.8 Å². The second kappa shape index (κ2) is 4.14. The maximum atomic E-state index is 12.0. The Balaban J connectivity index is 2.53. The second-order valence-electron chi connectivity index (χ2n) is 4.04. The van der Waals surface area contributed by atoms with E-state index in [1.54, 1.807) is 6.92 Å². The quantitative estimate of drug-likeness (QED) is 0.660. The van der Waals surface area contributed by atoms with Gasteiger partial charge in [0.25, 0.3) is 0 Å². The standard InChI is InChI=1S/C12H12N2O4/c1-2-12(7-3-5-8(15)6-4-7)9(16)13-11(18)14-10(12)17/h3-6,15H,2H2,1H3,(H2,13,14,16,17,18). The molecule has 0 spiro atoms. The molecule has 1 heterocycles. The number of benzene rings is 1. The molecule has 6 nitrogen and oxygen atoms in total. The van der Waals surface area contributed by atoms with E-state index in [0.29, 0.717) is 5.56 Å². The molecule has 1 aliphatic heterocycles. The van der Waals surface area contributed by atoms with Crippen LogP contribution in [0.2, 0.25) is 0 Å². The van der Waals surface area contributed by atoms with E-state index in [1.807, 2.05) is 0 Å². The molecular formula is C12H12N2O4. The van der Waals surface area contributed by atoms with Crippen LogP contribution >= 0.6 is 0 Å². The number of urea groups is 1. The number of amides is 4. The van der Waals surface area contributed by atoms with Crippen LogP contribution in [0.4, 0.5) is 4.79 Å². The Morgan fingerprint density at radius 1 is 1.06 bits per heavy atom. The van der Waals surface area contributed by atoms with E-state index < -0.39 is 23.3 Å². The topological polar surface area (TPSA) is 95.5 Å². The van der Waals surface area contributed by atoms with E-state index in [9.17, 15) is 19.5 Å². The molecular weight excluding hydrogens is 236 g/mol. The number of barbiturate groups is 1. The maximum Gasteiger partial charge on any atom is 0.328 e. The molecule has 0 radical (unpaired) electrons. The third kappa shape index (κ3) is 1.62. The molecule has 0 bridgehead atoms. The number of phenolic OH excluding ortho intramolecular Hbond substituents is 1. The van der Waals surface area contributed by atoms with E-state index in [4.69, 9.17) is 0 Å². The summed E-state index contributed by atoms with van der Waals surface area (Å²) in [6, 6.07) is 4.96. The normalized spacial score (nSPS) is 18.2. The summed E-state index contributed by atoms with van der Waals surface area (Å²) in [5.74, 6) is -1.26. The first kappa shape index (κ1) is 12.1. The van der Waals surface area contributed by atoms with Gasteiger partial charge in [0.2, 0.25) is 11.8 Å². The van der Waals surface area contributed by atoms with Crippen molar-refractivity contribution >= 4 is 17.8 Å². The highest BCUT2D eigenvalue weighted by Crippen LogP contribution is 2.31. The van der Waals surface area contributed by atoms with Crippen LogP contribution in [0.5, 0.6) is 5.75 Å². The summed E-state index contributed by atoms with van der Waals surface area (Å²) >= 11 is 0. The molecule has 0 atom stereocenters. The van der Waals surface area contributed by atoms with Gasteiger partial charge in [-0.1, -0.05) is 19.1 Å². The predicted molar refractivity (Wildman–Crippen MR) is 61.8 cm³/mol. The van der Waals surface area contributed by atoms with E-state index in [2.05, 4.69) is 10.6 Å². The van der Waals surface area contributed by atoms with Crippen molar-refractivity contribution in [3.63, 3.8) is 0 Å². The lowest BCUT2D eigenvalue weighted by molar-refractivity contribution is -0.138. The average molecular weight is 248 g/mol. The number of phenols is 1. The summed E-state index contributed by atoms with van der Waals surface area (Å²) in [6.07, 6.45) is 0.211. The zero-order chi connectivity index (χ0) is 13.3. The van der Waals surface area contributed by atoms with Crippen molar-refractivity contribution in [3.8, 4) is 5.75 Å². The van der Waals surface area contributed by atoms with Crippen LogP contribution in [-0.4, -0.2) is 23.0 Å². The zero-order valence-corrected chi connectivity index (χ0v) is 9.69. The Labute approximate surface area is 103 Å². The van der Waals surface area contributed by atoms with Gasteiger partial charge in [-0.2, -0.15) is 0 Å².